The molecular weight excluding hydrogens is 436 g/mol. The number of carbonyl (C=O) groups is 3. The molecule has 0 heterocycles. The largest absolute Gasteiger partial charge is 0.456 e. The number of anilines is 2. The highest BCUT2D eigenvalue weighted by Gasteiger charge is 2.12. The summed E-state index contributed by atoms with van der Waals surface area (Å²) < 4.78 is 5.65. The Kier molecular flexibility index (Phi) is 7.82. The quantitative estimate of drug-likeness (QED) is 0.612. The zero-order chi connectivity index (χ0) is 19.8. The van der Waals surface area contributed by atoms with Gasteiger partial charge in [-0.1, -0.05) is 39.7 Å². The molecule has 0 aromatic heterocycles. The molecule has 2 aromatic carbocycles. The molecule has 27 heavy (non-hydrogen) atoms. The van der Waals surface area contributed by atoms with E-state index in [0.717, 1.165) is 10.0 Å². The van der Waals surface area contributed by atoms with Gasteiger partial charge in [-0.2, -0.15) is 0 Å². The normalized spacial score (nSPS) is 10.2. The van der Waals surface area contributed by atoms with E-state index in [9.17, 15) is 14.4 Å². The van der Waals surface area contributed by atoms with Crippen molar-refractivity contribution in [2.24, 2.45) is 0 Å². The topological polar surface area (TPSA) is 84.5 Å². The summed E-state index contributed by atoms with van der Waals surface area (Å²) in [6, 6.07) is 12.3. The number of aryl methyl sites for hydroxylation is 1. The Hall–Kier alpha value is -2.38. The molecule has 0 aliphatic carbocycles. The van der Waals surface area contributed by atoms with Crippen LogP contribution in [0.2, 0.25) is 5.02 Å². The summed E-state index contributed by atoms with van der Waals surface area (Å²) in [5, 5.41) is 5.61. The Morgan fingerprint density at radius 3 is 2.52 bits per heavy atom. The van der Waals surface area contributed by atoms with Crippen LogP contribution in [-0.2, 0) is 19.1 Å². The molecule has 2 N–H and O–H groups in total. The van der Waals surface area contributed by atoms with Crippen LogP contribution < -0.4 is 10.6 Å². The Bertz CT molecular complexity index is 857. The Morgan fingerprint density at radius 2 is 1.81 bits per heavy atom. The summed E-state index contributed by atoms with van der Waals surface area (Å²) in [6.45, 7) is 1.46. The number of esters is 1. The van der Waals surface area contributed by atoms with E-state index in [2.05, 4.69) is 26.6 Å². The molecule has 8 heteroatoms. The van der Waals surface area contributed by atoms with Crippen LogP contribution >= 0.6 is 27.5 Å². The van der Waals surface area contributed by atoms with Crippen molar-refractivity contribution in [3.05, 3.63) is 57.5 Å². The van der Waals surface area contributed by atoms with Crippen molar-refractivity contribution in [3.63, 3.8) is 0 Å². The van der Waals surface area contributed by atoms with Crippen LogP contribution in [0.4, 0.5) is 11.4 Å². The van der Waals surface area contributed by atoms with Crippen molar-refractivity contribution >= 4 is 56.7 Å². The molecule has 0 radical (unpaired) electrons. The first-order valence-corrected chi connectivity index (χ1v) is 9.27. The molecule has 2 amide bonds. The second kappa shape index (κ2) is 10.1. The molecule has 0 fully saturated rings. The van der Waals surface area contributed by atoms with Gasteiger partial charge in [0.2, 0.25) is 5.91 Å². The SMILES string of the molecule is Cc1cccc(NC(=O)CCC(=O)OCC(=O)Nc2ccc(Br)cc2Cl)c1. The molecule has 0 unspecified atom stereocenters. The number of hydrogen-bond acceptors (Lipinski definition) is 4. The number of ether oxygens (including phenoxy) is 1. The van der Waals surface area contributed by atoms with E-state index in [-0.39, 0.29) is 18.7 Å². The number of amides is 2. The van der Waals surface area contributed by atoms with Crippen LogP contribution in [0.15, 0.2) is 46.9 Å². The molecule has 0 saturated carbocycles. The molecule has 0 aliphatic rings. The van der Waals surface area contributed by atoms with Gasteiger partial charge in [0.05, 0.1) is 17.1 Å². The van der Waals surface area contributed by atoms with Crippen LogP contribution in [0.25, 0.3) is 0 Å². The van der Waals surface area contributed by atoms with Crippen molar-refractivity contribution in [1.29, 1.82) is 0 Å². The molecule has 0 aliphatic heterocycles. The Morgan fingerprint density at radius 1 is 1.04 bits per heavy atom. The smallest absolute Gasteiger partial charge is 0.306 e. The molecule has 142 valence electrons. The average molecular weight is 454 g/mol. The first-order valence-electron chi connectivity index (χ1n) is 8.10. The van der Waals surface area contributed by atoms with E-state index in [4.69, 9.17) is 16.3 Å². The standard InChI is InChI=1S/C19H18BrClN2O4/c1-12-3-2-4-14(9-12)22-17(24)7-8-19(26)27-11-18(25)23-16-6-5-13(20)10-15(16)21/h2-6,9-10H,7-8,11H2,1H3,(H,22,24)(H,23,25). The van der Waals surface area contributed by atoms with E-state index >= 15 is 0 Å². The van der Waals surface area contributed by atoms with E-state index < -0.39 is 18.5 Å². The summed E-state index contributed by atoms with van der Waals surface area (Å²) in [6.07, 6.45) is -0.156. The zero-order valence-corrected chi connectivity index (χ0v) is 16.9. The van der Waals surface area contributed by atoms with Crippen molar-refractivity contribution in [1.82, 2.24) is 0 Å². The maximum Gasteiger partial charge on any atom is 0.306 e. The summed E-state index contributed by atoms with van der Waals surface area (Å²) >= 11 is 9.27. The fraction of sp³-hybridized carbons (Fsp3) is 0.211. The number of nitrogens with one attached hydrogen (secondary N) is 2. The summed E-state index contributed by atoms with van der Waals surface area (Å²) in [4.78, 5) is 35.4. The maximum absolute atomic E-state index is 11.9. The van der Waals surface area contributed by atoms with Crippen LogP contribution in [0.5, 0.6) is 0 Å². The van der Waals surface area contributed by atoms with Crippen molar-refractivity contribution in [2.75, 3.05) is 17.2 Å². The minimum Gasteiger partial charge on any atom is -0.456 e. The fourth-order valence-electron chi connectivity index (χ4n) is 2.16. The third-order valence-electron chi connectivity index (χ3n) is 3.43. The lowest BCUT2D eigenvalue weighted by atomic mass is 10.2. The number of benzene rings is 2. The molecule has 0 spiro atoms. The van der Waals surface area contributed by atoms with E-state index in [1.807, 2.05) is 25.1 Å². The van der Waals surface area contributed by atoms with Crippen LogP contribution in [0.3, 0.4) is 0 Å². The second-order valence-electron chi connectivity index (χ2n) is 5.75. The van der Waals surface area contributed by atoms with Crippen LogP contribution in [-0.4, -0.2) is 24.4 Å². The zero-order valence-electron chi connectivity index (χ0n) is 14.6. The van der Waals surface area contributed by atoms with E-state index in [0.29, 0.717) is 16.4 Å². The lowest BCUT2D eigenvalue weighted by Gasteiger charge is -2.09. The highest BCUT2D eigenvalue weighted by atomic mass is 79.9. The van der Waals surface area contributed by atoms with Crippen molar-refractivity contribution in [3.8, 4) is 0 Å². The van der Waals surface area contributed by atoms with E-state index in [1.54, 1.807) is 24.3 Å². The van der Waals surface area contributed by atoms with Gasteiger partial charge in [0.25, 0.3) is 5.91 Å². The monoisotopic (exact) mass is 452 g/mol. The number of hydrogen-bond donors (Lipinski definition) is 2. The predicted octanol–water partition coefficient (Wildman–Crippen LogP) is 4.31. The minimum absolute atomic E-state index is 0.0348. The third kappa shape index (κ3) is 7.40. The minimum atomic E-state index is -0.633. The Labute approximate surface area is 170 Å². The molecule has 0 bridgehead atoms. The first kappa shape index (κ1) is 20.9. The highest BCUT2D eigenvalue weighted by molar-refractivity contribution is 9.10. The van der Waals surface area contributed by atoms with Gasteiger partial charge in [-0.15, -0.1) is 0 Å². The van der Waals surface area contributed by atoms with Gasteiger partial charge in [0.1, 0.15) is 0 Å². The summed E-state index contributed by atoms with van der Waals surface area (Å²) in [7, 11) is 0. The van der Waals surface area contributed by atoms with Gasteiger partial charge in [0, 0.05) is 16.6 Å². The summed E-state index contributed by atoms with van der Waals surface area (Å²) in [5.41, 5.74) is 2.10. The second-order valence-corrected chi connectivity index (χ2v) is 7.07. The number of rotatable bonds is 7. The highest BCUT2D eigenvalue weighted by Crippen LogP contribution is 2.25. The van der Waals surface area contributed by atoms with Crippen LogP contribution in [0.1, 0.15) is 18.4 Å². The number of carbonyl (C=O) groups excluding carboxylic acids is 3. The van der Waals surface area contributed by atoms with Gasteiger partial charge in [-0.05, 0) is 42.8 Å². The van der Waals surface area contributed by atoms with E-state index in [1.165, 1.54) is 0 Å². The predicted molar refractivity (Wildman–Crippen MR) is 108 cm³/mol. The molecule has 0 atom stereocenters. The molecule has 2 aromatic rings. The van der Waals surface area contributed by atoms with Crippen molar-refractivity contribution < 1.29 is 19.1 Å². The fourth-order valence-corrected chi connectivity index (χ4v) is 2.88. The van der Waals surface area contributed by atoms with Gasteiger partial charge in [-0.25, -0.2) is 0 Å². The van der Waals surface area contributed by atoms with Gasteiger partial charge in [0.15, 0.2) is 6.61 Å². The maximum atomic E-state index is 11.9. The molecule has 0 saturated heterocycles. The first-order chi connectivity index (χ1) is 12.8. The van der Waals surface area contributed by atoms with Crippen LogP contribution in [0, 0.1) is 6.92 Å². The molecular formula is C19H18BrClN2O4. The summed E-state index contributed by atoms with van der Waals surface area (Å²) in [5.74, 6) is -1.45. The number of halogens is 2. The Balaban J connectivity index is 1.70. The third-order valence-corrected chi connectivity index (χ3v) is 4.23. The average Bonchev–Trinajstić information content (AvgIpc) is 2.60. The lowest BCUT2D eigenvalue weighted by molar-refractivity contribution is -0.147. The van der Waals surface area contributed by atoms with Gasteiger partial charge < -0.3 is 15.4 Å². The van der Waals surface area contributed by atoms with Gasteiger partial charge >= 0.3 is 5.97 Å². The molecule has 2 rings (SSSR count). The van der Waals surface area contributed by atoms with Gasteiger partial charge in [-0.3, -0.25) is 14.4 Å². The van der Waals surface area contributed by atoms with Crippen molar-refractivity contribution in [2.45, 2.75) is 19.8 Å². The molecule has 6 nitrogen and oxygen atoms in total. The lowest BCUT2D eigenvalue weighted by Crippen LogP contribution is -2.22.